The standard InChI is InChI=1S/C10H20O3/c1-10(2,12-3)6-9-13-8-5-4-7-11/h7H,4-6,8-9H2,1-3H3. The van der Waals surface area contributed by atoms with Gasteiger partial charge in [-0.05, 0) is 26.7 Å². The normalized spacial score (nSPS) is 11.6. The first kappa shape index (κ1) is 12.6. The topological polar surface area (TPSA) is 35.5 Å². The molecule has 0 unspecified atom stereocenters. The minimum Gasteiger partial charge on any atom is -0.381 e. The van der Waals surface area contributed by atoms with Gasteiger partial charge < -0.3 is 14.3 Å². The van der Waals surface area contributed by atoms with E-state index in [1.807, 2.05) is 13.8 Å². The summed E-state index contributed by atoms with van der Waals surface area (Å²) in [5.74, 6) is 0. The van der Waals surface area contributed by atoms with Gasteiger partial charge in [0.05, 0.1) is 5.60 Å². The molecule has 0 aliphatic heterocycles. The summed E-state index contributed by atoms with van der Waals surface area (Å²) in [7, 11) is 1.70. The van der Waals surface area contributed by atoms with E-state index in [1.54, 1.807) is 7.11 Å². The van der Waals surface area contributed by atoms with E-state index in [-0.39, 0.29) is 5.60 Å². The molecule has 0 aliphatic carbocycles. The van der Waals surface area contributed by atoms with Crippen LogP contribution in [0.4, 0.5) is 0 Å². The Kier molecular flexibility index (Phi) is 6.82. The van der Waals surface area contributed by atoms with Crippen LogP contribution in [0, 0.1) is 0 Å². The Balaban J connectivity index is 3.20. The predicted molar refractivity (Wildman–Crippen MR) is 51.8 cm³/mol. The zero-order valence-electron chi connectivity index (χ0n) is 8.84. The number of rotatable bonds is 8. The van der Waals surface area contributed by atoms with Crippen LogP contribution >= 0.6 is 0 Å². The Labute approximate surface area is 80.4 Å². The smallest absolute Gasteiger partial charge is 0.120 e. The molecule has 0 rings (SSSR count). The fourth-order valence-corrected chi connectivity index (χ4v) is 0.791. The van der Waals surface area contributed by atoms with E-state index in [4.69, 9.17) is 9.47 Å². The average Bonchev–Trinajstić information content (AvgIpc) is 2.11. The molecule has 0 spiro atoms. The minimum atomic E-state index is -0.106. The Bertz CT molecular complexity index is 132. The van der Waals surface area contributed by atoms with Gasteiger partial charge in [0.15, 0.2) is 0 Å². The highest BCUT2D eigenvalue weighted by Crippen LogP contribution is 2.12. The van der Waals surface area contributed by atoms with E-state index >= 15 is 0 Å². The van der Waals surface area contributed by atoms with Crippen LogP contribution in [0.25, 0.3) is 0 Å². The first-order valence-corrected chi connectivity index (χ1v) is 4.69. The maximum Gasteiger partial charge on any atom is 0.120 e. The summed E-state index contributed by atoms with van der Waals surface area (Å²) in [6.07, 6.45) is 3.21. The third kappa shape index (κ3) is 7.94. The minimum absolute atomic E-state index is 0.106. The number of carbonyl (C=O) groups is 1. The molecule has 78 valence electrons. The predicted octanol–water partition coefficient (Wildman–Crippen LogP) is 1.80. The van der Waals surface area contributed by atoms with Crippen molar-refractivity contribution in [2.75, 3.05) is 20.3 Å². The molecule has 3 nitrogen and oxygen atoms in total. The second kappa shape index (κ2) is 7.04. The van der Waals surface area contributed by atoms with Crippen LogP contribution < -0.4 is 0 Å². The zero-order valence-corrected chi connectivity index (χ0v) is 8.84. The van der Waals surface area contributed by atoms with Crippen molar-refractivity contribution in [1.82, 2.24) is 0 Å². The molecule has 0 aromatic heterocycles. The maximum atomic E-state index is 9.97. The van der Waals surface area contributed by atoms with Gasteiger partial charge in [-0.2, -0.15) is 0 Å². The number of hydrogen-bond acceptors (Lipinski definition) is 3. The molecule has 0 aromatic carbocycles. The second-order valence-electron chi connectivity index (χ2n) is 3.64. The van der Waals surface area contributed by atoms with Crippen LogP contribution in [0.3, 0.4) is 0 Å². The fraction of sp³-hybridized carbons (Fsp3) is 0.900. The molecule has 0 saturated heterocycles. The highest BCUT2D eigenvalue weighted by Gasteiger charge is 2.15. The quantitative estimate of drug-likeness (QED) is 0.430. The van der Waals surface area contributed by atoms with Crippen LogP contribution in [0.2, 0.25) is 0 Å². The average molecular weight is 188 g/mol. The monoisotopic (exact) mass is 188 g/mol. The second-order valence-corrected chi connectivity index (χ2v) is 3.64. The number of ether oxygens (including phenoxy) is 2. The van der Waals surface area contributed by atoms with E-state index in [1.165, 1.54) is 0 Å². The summed E-state index contributed by atoms with van der Waals surface area (Å²) >= 11 is 0. The Morgan fingerprint density at radius 2 is 2.00 bits per heavy atom. The van der Waals surface area contributed by atoms with Crippen LogP contribution in [-0.4, -0.2) is 32.2 Å². The molecule has 13 heavy (non-hydrogen) atoms. The third-order valence-corrected chi connectivity index (χ3v) is 2.01. The number of unbranched alkanes of at least 4 members (excludes halogenated alkanes) is 1. The lowest BCUT2D eigenvalue weighted by molar-refractivity contribution is -0.108. The van der Waals surface area contributed by atoms with Gasteiger partial charge >= 0.3 is 0 Å². The molecule has 0 amide bonds. The summed E-state index contributed by atoms with van der Waals surface area (Å²) < 4.78 is 10.6. The van der Waals surface area contributed by atoms with Gasteiger partial charge in [0.1, 0.15) is 6.29 Å². The SMILES string of the molecule is COC(C)(C)CCOCCCC=O. The van der Waals surface area contributed by atoms with Crippen molar-refractivity contribution in [2.24, 2.45) is 0 Å². The zero-order chi connectivity index (χ0) is 10.2. The van der Waals surface area contributed by atoms with Crippen LogP contribution in [0.15, 0.2) is 0 Å². The Morgan fingerprint density at radius 3 is 2.54 bits per heavy atom. The summed E-state index contributed by atoms with van der Waals surface area (Å²) in [5, 5.41) is 0. The van der Waals surface area contributed by atoms with Crippen molar-refractivity contribution < 1.29 is 14.3 Å². The molecular weight excluding hydrogens is 168 g/mol. The van der Waals surface area contributed by atoms with E-state index in [0.717, 1.165) is 19.1 Å². The van der Waals surface area contributed by atoms with Gasteiger partial charge in [-0.1, -0.05) is 0 Å². The van der Waals surface area contributed by atoms with Crippen molar-refractivity contribution in [1.29, 1.82) is 0 Å². The Morgan fingerprint density at radius 1 is 1.31 bits per heavy atom. The highest BCUT2D eigenvalue weighted by molar-refractivity contribution is 5.48. The van der Waals surface area contributed by atoms with Gasteiger partial charge in [0, 0.05) is 26.7 Å². The number of hydrogen-bond donors (Lipinski definition) is 0. The van der Waals surface area contributed by atoms with E-state index < -0.39 is 0 Å². The lowest BCUT2D eigenvalue weighted by Crippen LogP contribution is -2.24. The van der Waals surface area contributed by atoms with E-state index in [2.05, 4.69) is 0 Å². The van der Waals surface area contributed by atoms with Crippen molar-refractivity contribution in [2.45, 2.75) is 38.7 Å². The molecule has 0 atom stereocenters. The summed E-state index contributed by atoms with van der Waals surface area (Å²) in [6, 6.07) is 0. The van der Waals surface area contributed by atoms with Crippen LogP contribution in [0.5, 0.6) is 0 Å². The van der Waals surface area contributed by atoms with Crippen LogP contribution in [0.1, 0.15) is 33.1 Å². The van der Waals surface area contributed by atoms with Crippen molar-refractivity contribution in [3.8, 4) is 0 Å². The number of aldehydes is 1. The van der Waals surface area contributed by atoms with Gasteiger partial charge in [-0.15, -0.1) is 0 Å². The number of carbonyl (C=O) groups excluding carboxylic acids is 1. The lowest BCUT2D eigenvalue weighted by atomic mass is 10.1. The molecule has 0 saturated carbocycles. The highest BCUT2D eigenvalue weighted by atomic mass is 16.5. The summed E-state index contributed by atoms with van der Waals surface area (Å²) in [4.78, 5) is 9.97. The Hall–Kier alpha value is -0.410. The fourth-order valence-electron chi connectivity index (χ4n) is 0.791. The summed E-state index contributed by atoms with van der Waals surface area (Å²) in [6.45, 7) is 5.42. The van der Waals surface area contributed by atoms with Crippen molar-refractivity contribution >= 4 is 6.29 Å². The molecule has 0 aliphatic rings. The number of methoxy groups -OCH3 is 1. The van der Waals surface area contributed by atoms with Gasteiger partial charge in [0.25, 0.3) is 0 Å². The van der Waals surface area contributed by atoms with Gasteiger partial charge in [0.2, 0.25) is 0 Å². The molecule has 0 heterocycles. The first-order chi connectivity index (χ1) is 6.12. The largest absolute Gasteiger partial charge is 0.381 e. The molecule has 0 N–H and O–H groups in total. The first-order valence-electron chi connectivity index (χ1n) is 4.69. The molecule has 0 radical (unpaired) electrons. The van der Waals surface area contributed by atoms with Gasteiger partial charge in [-0.3, -0.25) is 0 Å². The van der Waals surface area contributed by atoms with Crippen LogP contribution in [-0.2, 0) is 14.3 Å². The van der Waals surface area contributed by atoms with Crippen molar-refractivity contribution in [3.63, 3.8) is 0 Å². The van der Waals surface area contributed by atoms with Gasteiger partial charge in [-0.25, -0.2) is 0 Å². The summed E-state index contributed by atoms with van der Waals surface area (Å²) in [5.41, 5.74) is -0.106. The molecule has 3 heteroatoms. The van der Waals surface area contributed by atoms with E-state index in [0.29, 0.717) is 19.6 Å². The maximum absolute atomic E-state index is 9.97. The molecule has 0 fully saturated rings. The lowest BCUT2D eigenvalue weighted by Gasteiger charge is -2.22. The third-order valence-electron chi connectivity index (χ3n) is 2.01. The van der Waals surface area contributed by atoms with Crippen molar-refractivity contribution in [3.05, 3.63) is 0 Å². The molecule has 0 bridgehead atoms. The molecule has 0 aromatic rings. The van der Waals surface area contributed by atoms with E-state index in [9.17, 15) is 4.79 Å². The molecular formula is C10H20O3.